The van der Waals surface area contributed by atoms with Gasteiger partial charge in [0.2, 0.25) is 0 Å². The van der Waals surface area contributed by atoms with Gasteiger partial charge in [0.15, 0.2) is 0 Å². The summed E-state index contributed by atoms with van der Waals surface area (Å²) in [5, 5.41) is 84.6. The number of hydrogen-bond donors (Lipinski definition) is 4. The third-order valence-electron chi connectivity index (χ3n) is 6.91. The van der Waals surface area contributed by atoms with E-state index in [1.54, 1.807) is 0 Å². The minimum Gasteiger partial charge on any atom is -0.545 e. The van der Waals surface area contributed by atoms with Crippen LogP contribution < -0.4 is 40.9 Å². The van der Waals surface area contributed by atoms with Crippen molar-refractivity contribution in [3.8, 4) is 0 Å². The average molecular weight is 1230 g/mol. The Bertz CT molecular complexity index is 2670. The summed E-state index contributed by atoms with van der Waals surface area (Å²) in [5.74, 6) is -15.7. The van der Waals surface area contributed by atoms with Gasteiger partial charge in [0.25, 0.3) is 40.5 Å². The van der Waals surface area contributed by atoms with Crippen molar-refractivity contribution in [1.29, 1.82) is 0 Å². The predicted octanol–water partition coefficient (Wildman–Crippen LogP) is -9.37. The molecule has 0 unspecified atom stereocenters. The van der Waals surface area contributed by atoms with Gasteiger partial charge in [0.05, 0.1) is 47.8 Å². The van der Waals surface area contributed by atoms with Crippen LogP contribution in [0, 0.1) is 0 Å². The Hall–Kier alpha value is -5.64. The molecule has 28 nitrogen and oxygen atoms in total. The van der Waals surface area contributed by atoms with Gasteiger partial charge in [0, 0.05) is 44.5 Å². The van der Waals surface area contributed by atoms with E-state index < -0.39 is 152 Å². The van der Waals surface area contributed by atoms with Gasteiger partial charge < -0.3 is 79.2 Å². The summed E-state index contributed by atoms with van der Waals surface area (Å²) < 4.78 is 121. The number of aromatic carboxylic acids is 8. The zero-order chi connectivity index (χ0) is 50.0. The molecule has 4 radical (unpaired) electrons. The average Bonchev–Trinajstić information content (AvgIpc) is 3.15. The van der Waals surface area contributed by atoms with Crippen LogP contribution in [0.1, 0.15) is 82.9 Å². The van der Waals surface area contributed by atoms with Crippen LogP contribution in [0.5, 0.6) is 0 Å². The smallest absolute Gasteiger partial charge is 0.545 e. The Labute approximate surface area is 421 Å². The number of carboxylic acid groups (broad SMARTS) is 8. The number of rotatable bonds is 12. The van der Waals surface area contributed by atoms with Crippen molar-refractivity contribution in [1.82, 2.24) is 0 Å². The molecule has 0 saturated carbocycles. The van der Waals surface area contributed by atoms with Gasteiger partial charge in [-0.2, -0.15) is 33.7 Å². The van der Waals surface area contributed by atoms with Gasteiger partial charge in [-0.3, -0.25) is 18.2 Å². The first-order valence-electron chi connectivity index (χ1n) is 15.1. The van der Waals surface area contributed by atoms with Crippen LogP contribution in [0.25, 0.3) is 0 Å². The number of carbonyl (C=O) groups is 8. The molecule has 68 heavy (non-hydrogen) atoms. The van der Waals surface area contributed by atoms with Crippen LogP contribution >= 0.6 is 0 Å². The minimum absolute atomic E-state index is 0. The zero-order valence-electron chi connectivity index (χ0n) is 31.4. The number of benzene rings is 4. The maximum atomic E-state index is 10.8. The van der Waals surface area contributed by atoms with Crippen molar-refractivity contribution in [2.45, 2.75) is 19.6 Å². The SMILES string of the molecule is O=C([O-])c1cccc(S(=O)(=O)O)c1C(=O)[O-].O=C([O-])c1cccc(S(=O)(=O)O)c1C(=O)[O-].O=C([O-])c1cccc(S(=O)(=O)O)c1C(=O)[O-].O=C([O-])c1cccc(S(=O)(=O)O)c1C(=O)[O-].[Cu+2].[Cu+2].[Cu+2].[Cu+2]. The molecule has 4 N–H and O–H groups in total. The summed E-state index contributed by atoms with van der Waals surface area (Å²) in [5.41, 5.74) is -8.06. The quantitative estimate of drug-likeness (QED) is 0.0756. The van der Waals surface area contributed by atoms with Gasteiger partial charge >= 0.3 is 68.3 Å². The second-order valence-electron chi connectivity index (χ2n) is 10.9. The van der Waals surface area contributed by atoms with Crippen molar-refractivity contribution in [3.05, 3.63) is 117 Å². The topological polar surface area (TPSA) is 539 Å². The Morgan fingerprint density at radius 1 is 0.279 bits per heavy atom. The maximum absolute atomic E-state index is 10.8. The third-order valence-corrected chi connectivity index (χ3v) is 10.5. The van der Waals surface area contributed by atoms with Crippen LogP contribution in [0.4, 0.5) is 0 Å². The molecule has 36 heteroatoms. The third kappa shape index (κ3) is 18.8. The van der Waals surface area contributed by atoms with Crippen LogP contribution in [0.3, 0.4) is 0 Å². The molecule has 0 fully saturated rings. The Morgan fingerprint density at radius 3 is 0.500 bits per heavy atom. The van der Waals surface area contributed by atoms with E-state index in [4.69, 9.17) is 18.2 Å². The van der Waals surface area contributed by atoms with E-state index in [1.165, 1.54) is 0 Å². The molecule has 4 aromatic rings. The van der Waals surface area contributed by atoms with E-state index in [0.29, 0.717) is 0 Å². The zero-order valence-corrected chi connectivity index (χ0v) is 38.4. The van der Waals surface area contributed by atoms with E-state index >= 15 is 0 Å². The molecule has 0 heterocycles. The predicted molar refractivity (Wildman–Crippen MR) is 180 cm³/mol. The summed E-state index contributed by atoms with van der Waals surface area (Å²) in [4.78, 5) is 80.4. The van der Waals surface area contributed by atoms with E-state index in [0.717, 1.165) is 72.8 Å². The maximum Gasteiger partial charge on any atom is 2.00 e. The van der Waals surface area contributed by atoms with Crippen molar-refractivity contribution in [2.75, 3.05) is 0 Å². The van der Waals surface area contributed by atoms with E-state index in [1.807, 2.05) is 0 Å². The Balaban J connectivity index is -0.000000394. The van der Waals surface area contributed by atoms with Crippen LogP contribution in [-0.2, 0) is 109 Å². The monoisotopic (exact) mass is 1230 g/mol. The summed E-state index contributed by atoms with van der Waals surface area (Å²) in [6.45, 7) is 0. The molecule has 0 spiro atoms. The summed E-state index contributed by atoms with van der Waals surface area (Å²) in [6, 6.07) is 10.1. The molecule has 0 bridgehead atoms. The molecule has 0 aromatic heterocycles. The van der Waals surface area contributed by atoms with Crippen molar-refractivity contribution < 1.29 is 199 Å². The molecule has 0 aliphatic carbocycles. The number of hydrogen-bond acceptors (Lipinski definition) is 24. The van der Waals surface area contributed by atoms with Crippen molar-refractivity contribution in [2.24, 2.45) is 0 Å². The number of carboxylic acids is 8. The molecular formula is C32H16Cu4O28S4. The molecule has 0 amide bonds. The first kappa shape index (κ1) is 68.9. The normalized spacial score (nSPS) is 10.4. The first-order valence-corrected chi connectivity index (χ1v) is 20.9. The standard InChI is InChI=1S/4C8H6O7S.4Cu/c4*9-7(10)4-2-1-3-5(16(13,14)15)6(4)8(11)12;;;;/h4*1-3H,(H,9,10)(H,11,12)(H,13,14,15);;;;/q;;;;4*+2/p-8. The van der Waals surface area contributed by atoms with E-state index in [9.17, 15) is 113 Å². The van der Waals surface area contributed by atoms with Crippen LogP contribution in [-0.4, -0.2) is 99.6 Å². The molecule has 0 aliphatic heterocycles. The van der Waals surface area contributed by atoms with Gasteiger partial charge in [0.1, 0.15) is 19.6 Å². The minimum atomic E-state index is -4.85. The van der Waals surface area contributed by atoms with Crippen LogP contribution in [0.15, 0.2) is 92.4 Å². The van der Waals surface area contributed by atoms with Gasteiger partial charge in [-0.1, -0.05) is 48.5 Å². The summed E-state index contributed by atoms with van der Waals surface area (Å²) in [6.07, 6.45) is 0. The molecule has 4 rings (SSSR count). The Morgan fingerprint density at radius 2 is 0.412 bits per heavy atom. The number of carbonyl (C=O) groups excluding carboxylic acids is 8. The molecular weight excluding hydrogens is 1210 g/mol. The molecule has 0 aliphatic rings. The Kier molecular flexibility index (Phi) is 27.8. The summed E-state index contributed by atoms with van der Waals surface area (Å²) in [7, 11) is -19.4. The van der Waals surface area contributed by atoms with Gasteiger partial charge in [-0.15, -0.1) is 0 Å². The molecule has 4 aromatic carbocycles. The van der Waals surface area contributed by atoms with Crippen molar-refractivity contribution in [3.63, 3.8) is 0 Å². The van der Waals surface area contributed by atoms with Crippen LogP contribution in [0.2, 0.25) is 0 Å². The van der Waals surface area contributed by atoms with Gasteiger partial charge in [-0.05, 0) is 24.3 Å². The van der Waals surface area contributed by atoms with E-state index in [-0.39, 0.29) is 68.3 Å². The fourth-order valence-electron chi connectivity index (χ4n) is 4.51. The fourth-order valence-corrected chi connectivity index (χ4v) is 7.31. The largest absolute Gasteiger partial charge is 2.00 e. The first-order chi connectivity index (χ1) is 29.0. The summed E-state index contributed by atoms with van der Waals surface area (Å²) >= 11 is 0. The van der Waals surface area contributed by atoms with Crippen molar-refractivity contribution >= 4 is 88.2 Å². The molecule has 380 valence electrons. The molecule has 0 atom stereocenters. The fraction of sp³-hybridized carbons (Fsp3) is 0. The molecule has 0 saturated heterocycles. The van der Waals surface area contributed by atoms with Gasteiger partial charge in [-0.25, -0.2) is 0 Å². The second-order valence-corrected chi connectivity index (χ2v) is 16.5. The second kappa shape index (κ2) is 27.4. The van der Waals surface area contributed by atoms with E-state index in [2.05, 4.69) is 0 Å².